The second kappa shape index (κ2) is 6.58. The minimum absolute atomic E-state index is 0.184. The summed E-state index contributed by atoms with van der Waals surface area (Å²) >= 11 is 3.08. The molecule has 0 saturated heterocycles. The highest BCUT2D eigenvalue weighted by Crippen LogP contribution is 2.14. The second-order valence-electron chi connectivity index (χ2n) is 3.27. The molecule has 86 valence electrons. The van der Waals surface area contributed by atoms with Gasteiger partial charge in [0.25, 0.3) is 0 Å². The van der Waals surface area contributed by atoms with Crippen LogP contribution in [0.5, 0.6) is 0 Å². The Morgan fingerprint density at radius 1 is 1.19 bits per heavy atom. The molecule has 0 bridgehead atoms. The summed E-state index contributed by atoms with van der Waals surface area (Å²) < 4.78 is 0. The Hall–Kier alpha value is -0.970. The Bertz CT molecular complexity index is 443. The Morgan fingerprint density at radius 2 is 1.81 bits per heavy atom. The predicted molar refractivity (Wildman–Crippen MR) is 69.4 cm³/mol. The smallest absolute Gasteiger partial charge is 0.160 e. The summed E-state index contributed by atoms with van der Waals surface area (Å²) in [6.07, 6.45) is 0.889. The van der Waals surface area contributed by atoms with Crippen molar-refractivity contribution in [1.29, 1.82) is 0 Å². The van der Waals surface area contributed by atoms with E-state index in [-0.39, 0.29) is 6.61 Å². The third kappa shape index (κ3) is 3.56. The lowest BCUT2D eigenvalue weighted by Gasteiger charge is -1.87. The van der Waals surface area contributed by atoms with E-state index in [4.69, 9.17) is 5.11 Å². The summed E-state index contributed by atoms with van der Waals surface area (Å²) in [5, 5.41) is 12.5. The van der Waals surface area contributed by atoms with E-state index >= 15 is 0 Å². The van der Waals surface area contributed by atoms with Gasteiger partial charge in [-0.25, -0.2) is 0 Å². The standard InChI is InChI=1S/C6H8OS.C6H6OS/c2*1-5-2-3-8-6(5)4-7/h2-3,7H,4H2,1H3;2-4H,1H3. The number of carbonyl (C=O) groups excluding carboxylic acids is 1. The SMILES string of the molecule is Cc1ccsc1C=O.Cc1ccsc1CO. The summed E-state index contributed by atoms with van der Waals surface area (Å²) in [6, 6.07) is 3.95. The lowest BCUT2D eigenvalue weighted by molar-refractivity contribution is 0.112. The fourth-order valence-electron chi connectivity index (χ4n) is 1.07. The van der Waals surface area contributed by atoms with Crippen LogP contribution in [0.4, 0.5) is 0 Å². The zero-order valence-electron chi connectivity index (χ0n) is 9.27. The van der Waals surface area contributed by atoms with Gasteiger partial charge in [-0.15, -0.1) is 22.7 Å². The molecule has 0 aromatic carbocycles. The van der Waals surface area contributed by atoms with Gasteiger partial charge in [0, 0.05) is 4.88 Å². The topological polar surface area (TPSA) is 37.3 Å². The third-order valence-electron chi connectivity index (χ3n) is 2.12. The first kappa shape index (κ1) is 13.1. The van der Waals surface area contributed by atoms with Crippen LogP contribution in [-0.4, -0.2) is 11.4 Å². The van der Waals surface area contributed by atoms with Crippen molar-refractivity contribution in [2.75, 3.05) is 0 Å². The first-order valence-corrected chi connectivity index (χ1v) is 6.58. The number of carbonyl (C=O) groups is 1. The molecule has 2 heterocycles. The van der Waals surface area contributed by atoms with Gasteiger partial charge < -0.3 is 5.11 Å². The maximum absolute atomic E-state index is 10.1. The molecule has 2 aromatic rings. The van der Waals surface area contributed by atoms with Gasteiger partial charge >= 0.3 is 0 Å². The lowest BCUT2D eigenvalue weighted by Crippen LogP contribution is -1.76. The molecule has 0 unspecified atom stereocenters. The highest BCUT2D eigenvalue weighted by molar-refractivity contribution is 7.11. The molecule has 4 heteroatoms. The monoisotopic (exact) mass is 254 g/mol. The molecular formula is C12H14O2S2. The van der Waals surface area contributed by atoms with Crippen molar-refractivity contribution in [2.45, 2.75) is 20.5 Å². The molecule has 2 aromatic heterocycles. The predicted octanol–water partition coefficient (Wildman–Crippen LogP) is 3.42. The fourth-order valence-corrected chi connectivity index (χ4v) is 2.56. The van der Waals surface area contributed by atoms with E-state index in [2.05, 4.69) is 0 Å². The van der Waals surface area contributed by atoms with E-state index in [9.17, 15) is 4.79 Å². The number of aldehydes is 1. The molecule has 0 fully saturated rings. The number of hydrogen-bond acceptors (Lipinski definition) is 4. The van der Waals surface area contributed by atoms with E-state index in [0.29, 0.717) is 0 Å². The number of hydrogen-bond donors (Lipinski definition) is 1. The fraction of sp³-hybridized carbons (Fsp3) is 0.250. The van der Waals surface area contributed by atoms with Crippen LogP contribution in [-0.2, 0) is 6.61 Å². The molecule has 0 aliphatic carbocycles. The van der Waals surface area contributed by atoms with Crippen LogP contribution in [0.2, 0.25) is 0 Å². The van der Waals surface area contributed by atoms with Crippen LogP contribution < -0.4 is 0 Å². The first-order chi connectivity index (χ1) is 7.69. The van der Waals surface area contributed by atoms with Crippen molar-refractivity contribution in [3.63, 3.8) is 0 Å². The highest BCUT2D eigenvalue weighted by atomic mass is 32.1. The number of aryl methyl sites for hydroxylation is 2. The summed E-state index contributed by atoms with van der Waals surface area (Å²) in [5.41, 5.74) is 2.27. The van der Waals surface area contributed by atoms with Gasteiger partial charge in [-0.3, -0.25) is 4.79 Å². The number of aliphatic hydroxyl groups excluding tert-OH is 1. The van der Waals surface area contributed by atoms with Crippen LogP contribution in [0.15, 0.2) is 22.9 Å². The molecule has 0 spiro atoms. The van der Waals surface area contributed by atoms with Crippen molar-refractivity contribution in [3.8, 4) is 0 Å². The van der Waals surface area contributed by atoms with E-state index in [1.165, 1.54) is 16.9 Å². The van der Waals surface area contributed by atoms with E-state index in [0.717, 1.165) is 21.6 Å². The van der Waals surface area contributed by atoms with Crippen LogP contribution in [0, 0.1) is 13.8 Å². The van der Waals surface area contributed by atoms with Gasteiger partial charge in [-0.05, 0) is 47.9 Å². The summed E-state index contributed by atoms with van der Waals surface area (Å²) in [6.45, 7) is 4.12. The Morgan fingerprint density at radius 3 is 2.06 bits per heavy atom. The summed E-state index contributed by atoms with van der Waals surface area (Å²) in [7, 11) is 0. The summed E-state index contributed by atoms with van der Waals surface area (Å²) in [4.78, 5) is 12.0. The molecule has 0 aliphatic rings. The third-order valence-corrected chi connectivity index (χ3v) is 4.07. The number of thiophene rings is 2. The molecule has 2 nitrogen and oxygen atoms in total. The van der Waals surface area contributed by atoms with Gasteiger partial charge in [0.1, 0.15) is 0 Å². The van der Waals surface area contributed by atoms with Gasteiger partial charge in [-0.2, -0.15) is 0 Å². The Kier molecular flexibility index (Phi) is 5.38. The van der Waals surface area contributed by atoms with Crippen LogP contribution >= 0.6 is 22.7 Å². The Labute approximate surface area is 103 Å². The summed E-state index contributed by atoms with van der Waals surface area (Å²) in [5.74, 6) is 0. The first-order valence-electron chi connectivity index (χ1n) is 4.82. The second-order valence-corrected chi connectivity index (χ2v) is 5.22. The van der Waals surface area contributed by atoms with Crippen LogP contribution in [0.1, 0.15) is 25.7 Å². The minimum atomic E-state index is 0.184. The van der Waals surface area contributed by atoms with E-state index in [1.54, 1.807) is 11.3 Å². The largest absolute Gasteiger partial charge is 0.391 e. The molecule has 0 aliphatic heterocycles. The number of rotatable bonds is 2. The molecule has 0 saturated carbocycles. The van der Waals surface area contributed by atoms with Crippen molar-refractivity contribution in [1.82, 2.24) is 0 Å². The molecule has 2 rings (SSSR count). The Balaban J connectivity index is 0.000000160. The van der Waals surface area contributed by atoms with Crippen LogP contribution in [0.3, 0.4) is 0 Å². The minimum Gasteiger partial charge on any atom is -0.391 e. The maximum atomic E-state index is 10.1. The average molecular weight is 254 g/mol. The molecule has 16 heavy (non-hydrogen) atoms. The normalized spacial score (nSPS) is 9.44. The zero-order valence-corrected chi connectivity index (χ0v) is 10.9. The van der Waals surface area contributed by atoms with Gasteiger partial charge in [0.05, 0.1) is 11.5 Å². The van der Waals surface area contributed by atoms with Crippen molar-refractivity contribution in [3.05, 3.63) is 43.8 Å². The highest BCUT2D eigenvalue weighted by Gasteiger charge is 1.94. The molecular weight excluding hydrogens is 240 g/mol. The van der Waals surface area contributed by atoms with E-state index in [1.807, 2.05) is 36.7 Å². The number of aliphatic hydroxyl groups is 1. The van der Waals surface area contributed by atoms with Crippen molar-refractivity contribution >= 4 is 29.0 Å². The molecule has 1 N–H and O–H groups in total. The molecule has 0 atom stereocenters. The lowest BCUT2D eigenvalue weighted by atomic mass is 10.3. The van der Waals surface area contributed by atoms with E-state index < -0.39 is 0 Å². The molecule has 0 radical (unpaired) electrons. The zero-order chi connectivity index (χ0) is 12.0. The van der Waals surface area contributed by atoms with Crippen LogP contribution in [0.25, 0.3) is 0 Å². The van der Waals surface area contributed by atoms with Crippen molar-refractivity contribution in [2.24, 2.45) is 0 Å². The molecule has 0 amide bonds. The van der Waals surface area contributed by atoms with Gasteiger partial charge in [-0.1, -0.05) is 0 Å². The van der Waals surface area contributed by atoms with Crippen molar-refractivity contribution < 1.29 is 9.90 Å². The maximum Gasteiger partial charge on any atom is 0.160 e. The van der Waals surface area contributed by atoms with Gasteiger partial charge in [0.2, 0.25) is 0 Å². The van der Waals surface area contributed by atoms with Gasteiger partial charge in [0.15, 0.2) is 6.29 Å². The average Bonchev–Trinajstić information content (AvgIpc) is 2.87. The quantitative estimate of drug-likeness (QED) is 0.834.